The van der Waals surface area contributed by atoms with Gasteiger partial charge in [-0.2, -0.15) is 5.10 Å². The summed E-state index contributed by atoms with van der Waals surface area (Å²) < 4.78 is 14.0. The molecule has 2 aromatic rings. The van der Waals surface area contributed by atoms with Gasteiger partial charge in [0.15, 0.2) is 0 Å². The minimum absolute atomic E-state index is 0.327. The second-order valence-electron chi connectivity index (χ2n) is 6.22. The molecule has 0 amide bonds. The van der Waals surface area contributed by atoms with E-state index in [9.17, 15) is 0 Å². The molecule has 0 bridgehead atoms. The Morgan fingerprint density at radius 3 is 2.37 bits per heavy atom. The van der Waals surface area contributed by atoms with Crippen molar-refractivity contribution in [1.29, 1.82) is 0 Å². The van der Waals surface area contributed by atoms with Crippen LogP contribution in [0.5, 0.6) is 0 Å². The Labute approximate surface area is 113 Å². The minimum atomic E-state index is -0.372. The molecular weight excluding hydrogens is 239 g/mol. The summed E-state index contributed by atoms with van der Waals surface area (Å²) in [5.41, 5.74) is 2.49. The van der Waals surface area contributed by atoms with Crippen molar-refractivity contribution in [1.82, 2.24) is 9.61 Å². The maximum Gasteiger partial charge on any atom is 0.514 e. The summed E-state index contributed by atoms with van der Waals surface area (Å²) >= 11 is 0. The average molecular weight is 258 g/mol. The topological polar surface area (TPSA) is 35.8 Å². The van der Waals surface area contributed by atoms with Crippen molar-refractivity contribution in [2.24, 2.45) is 0 Å². The van der Waals surface area contributed by atoms with Crippen LogP contribution >= 0.6 is 0 Å². The molecule has 0 aromatic carbocycles. The molecule has 1 aliphatic rings. The molecule has 5 heteroatoms. The molecule has 0 spiro atoms. The van der Waals surface area contributed by atoms with Gasteiger partial charge in [-0.15, -0.1) is 0 Å². The van der Waals surface area contributed by atoms with Crippen molar-refractivity contribution >= 4 is 18.2 Å². The van der Waals surface area contributed by atoms with E-state index in [-0.39, 0.29) is 18.3 Å². The quantitative estimate of drug-likeness (QED) is 0.733. The molecule has 0 atom stereocenters. The number of hydrogen-bond donors (Lipinski definition) is 0. The van der Waals surface area contributed by atoms with Gasteiger partial charge in [0.2, 0.25) is 0 Å². The summed E-state index contributed by atoms with van der Waals surface area (Å²) in [5.74, 6) is 0. The third kappa shape index (κ3) is 1.88. The van der Waals surface area contributed by atoms with Crippen LogP contribution in [-0.2, 0) is 9.31 Å². The first-order valence-electron chi connectivity index (χ1n) is 6.60. The lowest BCUT2D eigenvalue weighted by Gasteiger charge is -2.32. The molecule has 1 saturated heterocycles. The Bertz CT molecular complexity index is 617. The summed E-state index contributed by atoms with van der Waals surface area (Å²) in [5, 5.41) is 4.44. The Hall–Kier alpha value is -1.33. The highest BCUT2D eigenvalue weighted by molar-refractivity contribution is 6.61. The molecule has 0 N–H and O–H groups in total. The van der Waals surface area contributed by atoms with Gasteiger partial charge in [-0.05, 0) is 58.4 Å². The van der Waals surface area contributed by atoms with E-state index in [1.54, 1.807) is 0 Å². The molecule has 0 radical (unpaired) electrons. The van der Waals surface area contributed by atoms with E-state index in [0.717, 1.165) is 16.7 Å². The van der Waals surface area contributed by atoms with Crippen LogP contribution in [-0.4, -0.2) is 27.9 Å². The first kappa shape index (κ1) is 12.7. The monoisotopic (exact) mass is 258 g/mol. The van der Waals surface area contributed by atoms with Gasteiger partial charge in [-0.3, -0.25) is 0 Å². The van der Waals surface area contributed by atoms with E-state index < -0.39 is 0 Å². The molecule has 0 saturated carbocycles. The fourth-order valence-corrected chi connectivity index (χ4v) is 2.27. The fraction of sp³-hybridized carbons (Fsp3) is 0.500. The molecule has 0 unspecified atom stereocenters. The first-order chi connectivity index (χ1) is 8.80. The lowest BCUT2D eigenvalue weighted by molar-refractivity contribution is 0.00578. The summed E-state index contributed by atoms with van der Waals surface area (Å²) in [7, 11) is -0.372. The number of fused-ring (bicyclic) bond motifs is 1. The third-order valence-electron chi connectivity index (χ3n) is 4.16. The molecule has 100 valence electrons. The van der Waals surface area contributed by atoms with Crippen LogP contribution in [0.3, 0.4) is 0 Å². The van der Waals surface area contributed by atoms with Crippen LogP contribution in [0.15, 0.2) is 24.4 Å². The van der Waals surface area contributed by atoms with Crippen molar-refractivity contribution in [3.8, 4) is 0 Å². The average Bonchev–Trinajstić information content (AvgIpc) is 2.77. The van der Waals surface area contributed by atoms with Crippen LogP contribution in [0.4, 0.5) is 0 Å². The molecule has 2 aromatic heterocycles. The summed E-state index contributed by atoms with van der Waals surface area (Å²) in [6.45, 7) is 10.3. The van der Waals surface area contributed by atoms with Gasteiger partial charge in [0, 0.05) is 0 Å². The second kappa shape index (κ2) is 3.84. The Morgan fingerprint density at radius 2 is 1.74 bits per heavy atom. The van der Waals surface area contributed by atoms with Crippen molar-refractivity contribution in [3.63, 3.8) is 0 Å². The molecule has 3 rings (SSSR count). The molecule has 0 aliphatic carbocycles. The first-order valence-corrected chi connectivity index (χ1v) is 6.60. The fourth-order valence-electron chi connectivity index (χ4n) is 2.27. The molecule has 19 heavy (non-hydrogen) atoms. The highest BCUT2D eigenvalue weighted by Gasteiger charge is 2.52. The molecular formula is C14H19BN2O2. The maximum atomic E-state index is 6.06. The Balaban J connectivity index is 2.03. The number of aromatic nitrogens is 2. The summed E-state index contributed by atoms with van der Waals surface area (Å²) in [4.78, 5) is 0. The smallest absolute Gasteiger partial charge is 0.398 e. The molecule has 4 nitrogen and oxygen atoms in total. The lowest BCUT2D eigenvalue weighted by Crippen LogP contribution is -2.41. The standard InChI is InChI=1S/C14H19BN2O2/c1-10-8-11-6-7-12(17(11)16-9-10)15-18-13(2,3)14(4,5)19-15/h6-9H,1-5H3. The largest absolute Gasteiger partial charge is 0.514 e. The van der Waals surface area contributed by atoms with Crippen molar-refractivity contribution in [3.05, 3.63) is 30.0 Å². The van der Waals surface area contributed by atoms with Gasteiger partial charge in [-0.1, -0.05) is 0 Å². The van der Waals surface area contributed by atoms with E-state index in [1.807, 2.05) is 29.8 Å². The van der Waals surface area contributed by atoms with Crippen molar-refractivity contribution in [2.45, 2.75) is 45.8 Å². The maximum absolute atomic E-state index is 6.06. The van der Waals surface area contributed by atoms with Gasteiger partial charge in [0.1, 0.15) is 0 Å². The zero-order valence-corrected chi connectivity index (χ0v) is 12.1. The SMILES string of the molecule is Cc1cnn2c(B3OC(C)(C)C(C)(C)O3)ccc2c1. The Morgan fingerprint density at radius 1 is 1.11 bits per heavy atom. The third-order valence-corrected chi connectivity index (χ3v) is 4.16. The van der Waals surface area contributed by atoms with E-state index in [0.29, 0.717) is 0 Å². The lowest BCUT2D eigenvalue weighted by atomic mass is 9.85. The molecule has 3 heterocycles. The normalized spacial score (nSPS) is 21.2. The number of nitrogens with zero attached hydrogens (tertiary/aromatic N) is 2. The van der Waals surface area contributed by atoms with Crippen LogP contribution in [0.25, 0.3) is 5.52 Å². The van der Waals surface area contributed by atoms with E-state index in [1.165, 1.54) is 0 Å². The van der Waals surface area contributed by atoms with Crippen LogP contribution in [0.1, 0.15) is 33.3 Å². The predicted octanol–water partition coefficient (Wildman–Crippen LogP) is 1.94. The molecule has 1 fully saturated rings. The van der Waals surface area contributed by atoms with E-state index >= 15 is 0 Å². The van der Waals surface area contributed by atoms with Gasteiger partial charge in [0.25, 0.3) is 0 Å². The van der Waals surface area contributed by atoms with Crippen molar-refractivity contribution < 1.29 is 9.31 Å². The predicted molar refractivity (Wildman–Crippen MR) is 75.6 cm³/mol. The molecule has 1 aliphatic heterocycles. The minimum Gasteiger partial charge on any atom is -0.398 e. The summed E-state index contributed by atoms with van der Waals surface area (Å²) in [6.07, 6.45) is 1.85. The van der Waals surface area contributed by atoms with Crippen LogP contribution < -0.4 is 5.59 Å². The number of hydrogen-bond acceptors (Lipinski definition) is 3. The number of rotatable bonds is 1. The van der Waals surface area contributed by atoms with E-state index in [2.05, 4.69) is 38.9 Å². The number of aryl methyl sites for hydroxylation is 1. The second-order valence-corrected chi connectivity index (χ2v) is 6.22. The summed E-state index contributed by atoms with van der Waals surface area (Å²) in [6, 6.07) is 6.16. The van der Waals surface area contributed by atoms with Gasteiger partial charge >= 0.3 is 7.12 Å². The highest BCUT2D eigenvalue weighted by Crippen LogP contribution is 2.36. The highest BCUT2D eigenvalue weighted by atomic mass is 16.7. The van der Waals surface area contributed by atoms with Gasteiger partial charge in [0.05, 0.1) is 28.5 Å². The van der Waals surface area contributed by atoms with E-state index in [4.69, 9.17) is 9.31 Å². The Kier molecular flexibility index (Phi) is 2.56. The van der Waals surface area contributed by atoms with Crippen LogP contribution in [0.2, 0.25) is 0 Å². The zero-order chi connectivity index (χ0) is 13.8. The van der Waals surface area contributed by atoms with Crippen molar-refractivity contribution in [2.75, 3.05) is 0 Å². The van der Waals surface area contributed by atoms with Crippen LogP contribution in [0, 0.1) is 6.92 Å². The van der Waals surface area contributed by atoms with Gasteiger partial charge < -0.3 is 9.31 Å². The van der Waals surface area contributed by atoms with Gasteiger partial charge in [-0.25, -0.2) is 4.52 Å². The zero-order valence-electron chi connectivity index (χ0n) is 12.1.